The Balaban J connectivity index is 1.41. The standard InChI is InChI=1S/C27H30F3N5O2/c1-14-8-23-22(12-24(14)37-21-6-7-35(13-21)26(36)17-4-5-17)25(34-16(3)33-23)32-15(2)18-9-19(27(28,29)30)11-20(31)10-18/h8-12,15,17,21H,4-7,13,31H2,1-3H3,(H,32,33,34)/t15-,21-/m0/s1. The molecule has 1 amide bonds. The quantitative estimate of drug-likeness (QED) is 0.428. The van der Waals surface area contributed by atoms with Gasteiger partial charge in [0.1, 0.15) is 23.5 Å². The number of amides is 1. The lowest BCUT2D eigenvalue weighted by molar-refractivity contribution is -0.137. The SMILES string of the molecule is Cc1nc(N[C@@H](C)c2cc(N)cc(C(F)(F)F)c2)c2cc(O[C@H]3CCN(C(=O)C4CC4)C3)c(C)cc2n1. The first-order valence-electron chi connectivity index (χ1n) is 12.5. The van der Waals surface area contributed by atoms with Crippen LogP contribution in [0, 0.1) is 19.8 Å². The number of carbonyl (C=O) groups is 1. The van der Waals surface area contributed by atoms with Gasteiger partial charge >= 0.3 is 6.18 Å². The summed E-state index contributed by atoms with van der Waals surface area (Å²) in [5.74, 6) is 2.10. The number of ether oxygens (including phenoxy) is 1. The molecule has 3 N–H and O–H groups in total. The maximum Gasteiger partial charge on any atom is 0.416 e. The van der Waals surface area contributed by atoms with Crippen LogP contribution < -0.4 is 15.8 Å². The molecule has 1 aromatic heterocycles. The van der Waals surface area contributed by atoms with E-state index in [-0.39, 0.29) is 23.6 Å². The number of aromatic nitrogens is 2. The molecule has 5 rings (SSSR count). The van der Waals surface area contributed by atoms with E-state index in [1.165, 1.54) is 6.07 Å². The Kier molecular flexibility index (Phi) is 6.37. The molecule has 2 fully saturated rings. The average Bonchev–Trinajstić information content (AvgIpc) is 3.57. The highest BCUT2D eigenvalue weighted by Crippen LogP contribution is 2.36. The van der Waals surface area contributed by atoms with Crippen molar-refractivity contribution < 1.29 is 22.7 Å². The Labute approximate surface area is 213 Å². The van der Waals surface area contributed by atoms with E-state index in [2.05, 4.69) is 15.3 Å². The fourth-order valence-corrected chi connectivity index (χ4v) is 4.78. The van der Waals surface area contributed by atoms with E-state index >= 15 is 0 Å². The van der Waals surface area contributed by atoms with E-state index in [1.807, 2.05) is 24.0 Å². The van der Waals surface area contributed by atoms with Crippen LogP contribution in [0.2, 0.25) is 0 Å². The molecular weight excluding hydrogens is 483 g/mol. The van der Waals surface area contributed by atoms with E-state index in [4.69, 9.17) is 10.5 Å². The number of nitrogen functional groups attached to an aromatic ring is 1. The monoisotopic (exact) mass is 513 g/mol. The summed E-state index contributed by atoms with van der Waals surface area (Å²) in [6.45, 7) is 6.72. The molecule has 7 nitrogen and oxygen atoms in total. The minimum absolute atomic E-state index is 0.0410. The zero-order chi connectivity index (χ0) is 26.5. The van der Waals surface area contributed by atoms with Crippen LogP contribution in [-0.2, 0) is 11.0 Å². The first kappa shape index (κ1) is 25.1. The fourth-order valence-electron chi connectivity index (χ4n) is 4.78. The molecule has 2 aliphatic rings. The molecule has 3 aromatic rings. The molecule has 0 spiro atoms. The Hall–Kier alpha value is -3.56. The summed E-state index contributed by atoms with van der Waals surface area (Å²) in [6.07, 6.45) is -1.88. The molecule has 2 heterocycles. The normalized spacial score (nSPS) is 18.8. The van der Waals surface area contributed by atoms with Crippen LogP contribution in [-0.4, -0.2) is 40.0 Å². The van der Waals surface area contributed by atoms with Gasteiger partial charge in [0, 0.05) is 30.0 Å². The molecule has 0 unspecified atom stereocenters. The number of hydrogen-bond donors (Lipinski definition) is 2. The zero-order valence-electron chi connectivity index (χ0n) is 21.0. The number of alkyl halides is 3. The summed E-state index contributed by atoms with van der Waals surface area (Å²) in [5, 5.41) is 3.94. The summed E-state index contributed by atoms with van der Waals surface area (Å²) in [7, 11) is 0. The second kappa shape index (κ2) is 9.39. The van der Waals surface area contributed by atoms with Gasteiger partial charge in [0.2, 0.25) is 5.91 Å². The third-order valence-electron chi connectivity index (χ3n) is 6.94. The van der Waals surface area contributed by atoms with Gasteiger partial charge in [-0.05, 0) is 75.1 Å². The van der Waals surface area contributed by atoms with Crippen molar-refractivity contribution in [3.63, 3.8) is 0 Å². The summed E-state index contributed by atoms with van der Waals surface area (Å²) >= 11 is 0. The number of nitrogens with one attached hydrogen (secondary N) is 1. The number of halogens is 3. The Morgan fingerprint density at radius 3 is 2.59 bits per heavy atom. The molecule has 196 valence electrons. The maximum absolute atomic E-state index is 13.3. The first-order chi connectivity index (χ1) is 17.5. The highest BCUT2D eigenvalue weighted by molar-refractivity contribution is 5.91. The number of likely N-dealkylation sites (tertiary alicyclic amines) is 1. The molecule has 1 aliphatic heterocycles. The minimum atomic E-state index is -4.50. The van der Waals surface area contributed by atoms with E-state index in [0.29, 0.717) is 46.9 Å². The minimum Gasteiger partial charge on any atom is -0.488 e. The molecule has 0 radical (unpaired) electrons. The van der Waals surface area contributed by atoms with Crippen LogP contribution in [0.1, 0.15) is 54.7 Å². The van der Waals surface area contributed by atoms with E-state index in [1.54, 1.807) is 13.8 Å². The van der Waals surface area contributed by atoms with Crippen LogP contribution in [0.4, 0.5) is 24.7 Å². The maximum atomic E-state index is 13.3. The number of anilines is 2. The van der Waals surface area contributed by atoms with Crippen molar-refractivity contribution in [2.45, 2.75) is 58.4 Å². The summed E-state index contributed by atoms with van der Waals surface area (Å²) < 4.78 is 46.3. The predicted molar refractivity (Wildman–Crippen MR) is 135 cm³/mol. The predicted octanol–water partition coefficient (Wildman–Crippen LogP) is 5.41. The van der Waals surface area contributed by atoms with Gasteiger partial charge in [0.05, 0.1) is 23.7 Å². The van der Waals surface area contributed by atoms with Crippen molar-refractivity contribution in [2.75, 3.05) is 24.1 Å². The van der Waals surface area contributed by atoms with Gasteiger partial charge in [-0.1, -0.05) is 0 Å². The molecule has 0 bridgehead atoms. The number of carbonyl (C=O) groups excluding carboxylic acids is 1. The molecule has 1 saturated heterocycles. The second-order valence-electron chi connectivity index (χ2n) is 10.1. The van der Waals surface area contributed by atoms with Crippen molar-refractivity contribution in [2.24, 2.45) is 5.92 Å². The smallest absolute Gasteiger partial charge is 0.416 e. The van der Waals surface area contributed by atoms with Gasteiger partial charge in [0.25, 0.3) is 0 Å². The largest absolute Gasteiger partial charge is 0.488 e. The number of hydrogen-bond acceptors (Lipinski definition) is 6. The Bertz CT molecular complexity index is 1360. The van der Waals surface area contributed by atoms with Crippen LogP contribution in [0.5, 0.6) is 5.75 Å². The van der Waals surface area contributed by atoms with Crippen molar-refractivity contribution in [1.82, 2.24) is 14.9 Å². The number of nitrogens with two attached hydrogens (primary N) is 1. The number of rotatable bonds is 6. The van der Waals surface area contributed by atoms with Crippen LogP contribution >= 0.6 is 0 Å². The van der Waals surface area contributed by atoms with Gasteiger partial charge in [-0.15, -0.1) is 0 Å². The Morgan fingerprint density at radius 2 is 1.89 bits per heavy atom. The lowest BCUT2D eigenvalue weighted by Gasteiger charge is -2.21. The summed E-state index contributed by atoms with van der Waals surface area (Å²) in [4.78, 5) is 23.4. The number of aryl methyl sites for hydroxylation is 2. The lowest BCUT2D eigenvalue weighted by Crippen LogP contribution is -2.32. The zero-order valence-corrected chi connectivity index (χ0v) is 21.0. The molecule has 2 atom stereocenters. The summed E-state index contributed by atoms with van der Waals surface area (Å²) in [5.41, 5.74) is 7.02. The van der Waals surface area contributed by atoms with Gasteiger partial charge in [-0.3, -0.25) is 4.79 Å². The number of nitrogens with zero attached hydrogens (tertiary/aromatic N) is 3. The van der Waals surface area contributed by atoms with E-state index < -0.39 is 17.8 Å². The lowest BCUT2D eigenvalue weighted by atomic mass is 10.0. The van der Waals surface area contributed by atoms with Gasteiger partial charge in [-0.25, -0.2) is 9.97 Å². The van der Waals surface area contributed by atoms with Gasteiger partial charge < -0.3 is 20.7 Å². The van der Waals surface area contributed by atoms with E-state index in [0.717, 1.165) is 37.0 Å². The van der Waals surface area contributed by atoms with Crippen LogP contribution in [0.3, 0.4) is 0 Å². The third-order valence-corrected chi connectivity index (χ3v) is 6.94. The molecule has 2 aromatic carbocycles. The van der Waals surface area contributed by atoms with Crippen molar-refractivity contribution in [1.29, 1.82) is 0 Å². The van der Waals surface area contributed by atoms with Crippen molar-refractivity contribution in [3.8, 4) is 5.75 Å². The molecular formula is C27H30F3N5O2. The third kappa shape index (κ3) is 5.42. The van der Waals surface area contributed by atoms with Crippen molar-refractivity contribution >= 4 is 28.3 Å². The number of fused-ring (bicyclic) bond motifs is 1. The van der Waals surface area contributed by atoms with E-state index in [9.17, 15) is 18.0 Å². The summed E-state index contributed by atoms with van der Waals surface area (Å²) in [6, 6.07) is 6.82. The molecule has 1 saturated carbocycles. The first-order valence-corrected chi connectivity index (χ1v) is 12.5. The highest BCUT2D eigenvalue weighted by atomic mass is 19.4. The highest BCUT2D eigenvalue weighted by Gasteiger charge is 2.37. The fraction of sp³-hybridized carbons (Fsp3) is 0.444. The van der Waals surface area contributed by atoms with Crippen LogP contribution in [0.15, 0.2) is 30.3 Å². The second-order valence-corrected chi connectivity index (χ2v) is 10.1. The average molecular weight is 514 g/mol. The Morgan fingerprint density at radius 1 is 1.14 bits per heavy atom. The van der Waals surface area contributed by atoms with Gasteiger partial charge in [-0.2, -0.15) is 13.2 Å². The molecule has 1 aliphatic carbocycles. The van der Waals surface area contributed by atoms with Crippen LogP contribution in [0.25, 0.3) is 10.9 Å². The number of benzene rings is 2. The van der Waals surface area contributed by atoms with Gasteiger partial charge in [0.15, 0.2) is 0 Å². The molecule has 10 heteroatoms. The van der Waals surface area contributed by atoms with Crippen molar-refractivity contribution in [3.05, 3.63) is 52.8 Å². The molecule has 37 heavy (non-hydrogen) atoms. The topological polar surface area (TPSA) is 93.4 Å².